The molecule has 0 aromatic carbocycles. The maximum Gasteiger partial charge on any atom is 0.238 e. The summed E-state index contributed by atoms with van der Waals surface area (Å²) < 4.78 is 12.3. The number of allylic oxidation sites excluding steroid dienone is 2. The van der Waals surface area contributed by atoms with Crippen LogP contribution in [0, 0.1) is 11.8 Å². The number of pyridine rings is 1. The molecular weight excluding hydrogens is 382 g/mol. The summed E-state index contributed by atoms with van der Waals surface area (Å²) in [5, 5.41) is 0.931. The van der Waals surface area contributed by atoms with Crippen molar-refractivity contribution in [2.45, 2.75) is 46.0 Å². The van der Waals surface area contributed by atoms with E-state index in [4.69, 9.17) is 14.1 Å². The lowest BCUT2D eigenvalue weighted by atomic mass is 9.95. The molecule has 0 radical (unpaired) electrons. The Hall–Kier alpha value is -2.47. The molecule has 3 aromatic heterocycles. The maximum absolute atomic E-state index is 6.33. The number of rotatable bonds is 5. The first-order chi connectivity index (χ1) is 14.3. The number of aromatic nitrogens is 3. The van der Waals surface area contributed by atoms with Crippen molar-refractivity contribution in [2.75, 3.05) is 6.61 Å². The van der Waals surface area contributed by atoms with Crippen LogP contribution in [0.15, 0.2) is 40.9 Å². The van der Waals surface area contributed by atoms with Gasteiger partial charge in [-0.25, -0.2) is 9.97 Å². The maximum atomic E-state index is 6.33. The Balaban J connectivity index is 1.55. The van der Waals surface area contributed by atoms with E-state index in [9.17, 15) is 0 Å². The Labute approximate surface area is 174 Å². The molecule has 2 atom stereocenters. The van der Waals surface area contributed by atoms with Crippen molar-refractivity contribution in [2.24, 2.45) is 11.8 Å². The normalized spacial score (nSPS) is 22.3. The van der Waals surface area contributed by atoms with Crippen molar-refractivity contribution < 1.29 is 9.15 Å². The van der Waals surface area contributed by atoms with E-state index in [0.717, 1.165) is 63.8 Å². The van der Waals surface area contributed by atoms with Gasteiger partial charge >= 0.3 is 0 Å². The highest BCUT2D eigenvalue weighted by atomic mass is 32.1. The van der Waals surface area contributed by atoms with Crippen LogP contribution in [0.25, 0.3) is 26.9 Å². The van der Waals surface area contributed by atoms with E-state index in [2.05, 4.69) is 16.9 Å². The van der Waals surface area contributed by atoms with Crippen LogP contribution in [0.2, 0.25) is 0 Å². The molecule has 2 aliphatic rings. The van der Waals surface area contributed by atoms with Crippen molar-refractivity contribution in [1.82, 2.24) is 15.0 Å². The van der Waals surface area contributed by atoms with Gasteiger partial charge in [-0.05, 0) is 50.2 Å². The van der Waals surface area contributed by atoms with Crippen LogP contribution in [0.4, 0.5) is 0 Å². The van der Waals surface area contributed by atoms with E-state index in [-0.39, 0.29) is 0 Å². The summed E-state index contributed by atoms with van der Waals surface area (Å²) in [6.07, 6.45) is 10.9. The van der Waals surface area contributed by atoms with E-state index in [1.807, 2.05) is 31.5 Å². The van der Waals surface area contributed by atoms with E-state index >= 15 is 0 Å². The fourth-order valence-electron chi connectivity index (χ4n) is 4.28. The number of fused-ring (bicyclic) bond motifs is 2. The minimum atomic E-state index is 0.672. The molecule has 5 rings (SSSR count). The molecule has 0 spiro atoms. The zero-order valence-corrected chi connectivity index (χ0v) is 17.7. The molecule has 1 saturated carbocycles. The van der Waals surface area contributed by atoms with Gasteiger partial charge in [0.2, 0.25) is 5.89 Å². The zero-order chi connectivity index (χ0) is 19.8. The molecular formula is C23H25N3O2S. The standard InChI is InChI=1S/C23H25N3O2S/c1-3-18(27-4-2)17-8-7-14-10-16(14)11-19-21(17)26-22(28-19)20-13-25-23(29-20)15-6-5-9-24-12-15/h5-6,9,12-14,16H,3-4,7-8,10-11H2,1-2H3. The van der Waals surface area contributed by atoms with Crippen molar-refractivity contribution in [3.8, 4) is 21.3 Å². The largest absolute Gasteiger partial charge is 0.498 e. The molecule has 3 aromatic rings. The minimum absolute atomic E-state index is 0.672. The van der Waals surface area contributed by atoms with Crippen LogP contribution in [-0.2, 0) is 11.2 Å². The molecule has 5 nitrogen and oxygen atoms in total. The number of thiazole rings is 1. The molecule has 0 N–H and O–H groups in total. The van der Waals surface area contributed by atoms with Gasteiger partial charge in [0.25, 0.3) is 0 Å². The van der Waals surface area contributed by atoms with Gasteiger partial charge in [-0.2, -0.15) is 0 Å². The molecule has 2 unspecified atom stereocenters. The van der Waals surface area contributed by atoms with Gasteiger partial charge in [-0.1, -0.05) is 6.92 Å². The van der Waals surface area contributed by atoms with Crippen LogP contribution in [0.1, 0.15) is 51.0 Å². The zero-order valence-electron chi connectivity index (χ0n) is 16.9. The summed E-state index contributed by atoms with van der Waals surface area (Å²) in [5.41, 5.74) is 3.26. The first-order valence-corrected chi connectivity index (χ1v) is 11.3. The first-order valence-electron chi connectivity index (χ1n) is 10.5. The first kappa shape index (κ1) is 18.6. The molecule has 3 heterocycles. The van der Waals surface area contributed by atoms with Crippen molar-refractivity contribution in [1.29, 1.82) is 0 Å². The fourth-order valence-corrected chi connectivity index (χ4v) is 5.11. The third-order valence-corrected chi connectivity index (χ3v) is 6.90. The van der Waals surface area contributed by atoms with Crippen molar-refractivity contribution in [3.05, 3.63) is 47.9 Å². The number of hydrogen-bond acceptors (Lipinski definition) is 6. The summed E-state index contributed by atoms with van der Waals surface area (Å²) in [7, 11) is 0. The summed E-state index contributed by atoms with van der Waals surface area (Å²) in [6.45, 7) is 4.88. The molecule has 1 fully saturated rings. The van der Waals surface area contributed by atoms with E-state index in [0.29, 0.717) is 12.5 Å². The van der Waals surface area contributed by atoms with Crippen LogP contribution in [0.3, 0.4) is 0 Å². The van der Waals surface area contributed by atoms with Crippen molar-refractivity contribution in [3.63, 3.8) is 0 Å². The SMILES string of the molecule is CCOC(CC)=C1CCC2CC2Cc2oc(-c3cnc(-c4cccnc4)s3)nc21. The third-order valence-electron chi connectivity index (χ3n) is 5.87. The number of oxazole rings is 1. The Morgan fingerprint density at radius 1 is 1.28 bits per heavy atom. The molecule has 150 valence electrons. The molecule has 6 heteroatoms. The smallest absolute Gasteiger partial charge is 0.238 e. The predicted molar refractivity (Wildman–Crippen MR) is 114 cm³/mol. The fraction of sp³-hybridized carbons (Fsp3) is 0.435. The van der Waals surface area contributed by atoms with Gasteiger partial charge < -0.3 is 9.15 Å². The van der Waals surface area contributed by atoms with Gasteiger partial charge in [-0.15, -0.1) is 11.3 Å². The van der Waals surface area contributed by atoms with Crippen LogP contribution in [0.5, 0.6) is 0 Å². The van der Waals surface area contributed by atoms with Gasteiger partial charge in [0, 0.05) is 36.4 Å². The molecule has 2 aliphatic carbocycles. The predicted octanol–water partition coefficient (Wildman–Crippen LogP) is 5.99. The molecule has 0 bridgehead atoms. The second kappa shape index (κ2) is 7.75. The molecule has 29 heavy (non-hydrogen) atoms. The molecule has 0 amide bonds. The third kappa shape index (κ3) is 3.62. The molecule has 0 saturated heterocycles. The van der Waals surface area contributed by atoms with E-state index in [1.165, 1.54) is 18.4 Å². The summed E-state index contributed by atoms with van der Waals surface area (Å²) in [6, 6.07) is 3.95. The Morgan fingerprint density at radius 3 is 3.00 bits per heavy atom. The highest BCUT2D eigenvalue weighted by Gasteiger charge is 2.41. The average molecular weight is 408 g/mol. The molecule has 0 aliphatic heterocycles. The lowest BCUT2D eigenvalue weighted by Gasteiger charge is -2.16. The lowest BCUT2D eigenvalue weighted by Crippen LogP contribution is -2.04. The van der Waals surface area contributed by atoms with Crippen LogP contribution in [-0.4, -0.2) is 21.6 Å². The quantitative estimate of drug-likeness (QED) is 0.486. The van der Waals surface area contributed by atoms with Crippen LogP contribution < -0.4 is 0 Å². The van der Waals surface area contributed by atoms with Gasteiger partial charge in [-0.3, -0.25) is 4.98 Å². The van der Waals surface area contributed by atoms with Gasteiger partial charge in [0.1, 0.15) is 27.1 Å². The van der Waals surface area contributed by atoms with Gasteiger partial charge in [0.05, 0.1) is 12.8 Å². The Morgan fingerprint density at radius 2 is 2.21 bits per heavy atom. The number of ether oxygens (including phenoxy) is 1. The highest BCUT2D eigenvalue weighted by Crippen LogP contribution is 2.49. The van der Waals surface area contributed by atoms with Crippen LogP contribution >= 0.6 is 11.3 Å². The number of hydrogen-bond donors (Lipinski definition) is 0. The highest BCUT2D eigenvalue weighted by molar-refractivity contribution is 7.18. The van der Waals surface area contributed by atoms with Gasteiger partial charge in [0.15, 0.2) is 0 Å². The Bertz CT molecular complexity index is 1040. The van der Waals surface area contributed by atoms with Crippen molar-refractivity contribution >= 4 is 16.9 Å². The second-order valence-electron chi connectivity index (χ2n) is 7.75. The van der Waals surface area contributed by atoms with E-state index < -0.39 is 0 Å². The topological polar surface area (TPSA) is 61.0 Å². The summed E-state index contributed by atoms with van der Waals surface area (Å²) in [5.74, 6) is 4.33. The summed E-state index contributed by atoms with van der Waals surface area (Å²) >= 11 is 1.60. The average Bonchev–Trinajstić information content (AvgIpc) is 3.12. The number of nitrogens with zero attached hydrogens (tertiary/aromatic N) is 3. The minimum Gasteiger partial charge on any atom is -0.498 e. The second-order valence-corrected chi connectivity index (χ2v) is 8.78. The monoisotopic (exact) mass is 407 g/mol. The Kier molecular flexibility index (Phi) is 4.96. The lowest BCUT2D eigenvalue weighted by molar-refractivity contribution is 0.222. The summed E-state index contributed by atoms with van der Waals surface area (Å²) in [4.78, 5) is 14.7. The van der Waals surface area contributed by atoms with E-state index in [1.54, 1.807) is 17.5 Å².